The summed E-state index contributed by atoms with van der Waals surface area (Å²) in [6, 6.07) is 11.7. The van der Waals surface area contributed by atoms with Gasteiger partial charge in [-0.05, 0) is 59.9 Å². The summed E-state index contributed by atoms with van der Waals surface area (Å²) in [6.45, 7) is 4.89. The van der Waals surface area contributed by atoms with E-state index in [0.29, 0.717) is 6.61 Å². The first kappa shape index (κ1) is 25.3. The molecule has 1 unspecified atom stereocenters. The second kappa shape index (κ2) is 10.8. The molecule has 0 saturated carbocycles. The topological polar surface area (TPSA) is 36.0 Å². The molecule has 2 aromatic rings. The number of alkyl halides is 3. The van der Waals surface area contributed by atoms with Gasteiger partial charge in [-0.1, -0.05) is 18.2 Å². The van der Waals surface area contributed by atoms with E-state index < -0.39 is 11.7 Å². The lowest BCUT2D eigenvalue weighted by Gasteiger charge is -2.37. The molecule has 2 aliphatic heterocycles. The number of amides is 1. The third-order valence-corrected chi connectivity index (χ3v) is 6.70. The number of fused-ring (bicyclic) bond motifs is 1. The quantitative estimate of drug-likeness (QED) is 0.557. The smallest absolute Gasteiger partial charge is 0.373 e. The molecule has 0 N–H and O–H groups in total. The van der Waals surface area contributed by atoms with Crippen LogP contribution < -0.4 is 4.90 Å². The minimum absolute atomic E-state index is 0.0395. The molecular formula is C27H32F3N3O2. The lowest BCUT2D eigenvalue weighted by Crippen LogP contribution is -2.47. The number of hydrogen-bond acceptors (Lipinski definition) is 4. The Hall–Kier alpha value is -2.84. The molecule has 2 aliphatic rings. The van der Waals surface area contributed by atoms with E-state index in [-0.39, 0.29) is 12.0 Å². The Bertz CT molecular complexity index is 1040. The van der Waals surface area contributed by atoms with E-state index in [1.165, 1.54) is 11.1 Å². The Labute approximate surface area is 204 Å². The van der Waals surface area contributed by atoms with Crippen molar-refractivity contribution in [3.8, 4) is 0 Å². The van der Waals surface area contributed by atoms with Crippen molar-refractivity contribution >= 4 is 17.7 Å². The molecule has 1 fully saturated rings. The highest BCUT2D eigenvalue weighted by atomic mass is 19.4. The molecule has 1 saturated heterocycles. The lowest BCUT2D eigenvalue weighted by atomic mass is 9.93. The highest BCUT2D eigenvalue weighted by Gasteiger charge is 2.30. The largest absolute Gasteiger partial charge is 0.416 e. The van der Waals surface area contributed by atoms with Crippen molar-refractivity contribution in [1.82, 2.24) is 9.80 Å². The fourth-order valence-corrected chi connectivity index (χ4v) is 4.61. The summed E-state index contributed by atoms with van der Waals surface area (Å²) in [6.07, 6.45) is 0.933. The molecule has 0 radical (unpaired) electrons. The van der Waals surface area contributed by atoms with Crippen molar-refractivity contribution in [3.05, 3.63) is 70.8 Å². The van der Waals surface area contributed by atoms with Crippen LogP contribution in [0.4, 0.5) is 18.9 Å². The molecule has 1 atom stereocenters. The lowest BCUT2D eigenvalue weighted by molar-refractivity contribution is -0.137. The highest BCUT2D eigenvalue weighted by molar-refractivity contribution is 5.91. The van der Waals surface area contributed by atoms with Gasteiger partial charge in [0.15, 0.2) is 0 Å². The molecule has 0 aromatic heterocycles. The van der Waals surface area contributed by atoms with Gasteiger partial charge < -0.3 is 14.5 Å². The van der Waals surface area contributed by atoms with Crippen molar-refractivity contribution < 1.29 is 22.7 Å². The van der Waals surface area contributed by atoms with Crippen LogP contribution in [0.1, 0.15) is 34.8 Å². The van der Waals surface area contributed by atoms with Crippen LogP contribution in [0.5, 0.6) is 0 Å². The van der Waals surface area contributed by atoms with Crippen LogP contribution in [0.3, 0.4) is 0 Å². The van der Waals surface area contributed by atoms with E-state index in [4.69, 9.17) is 4.74 Å². The third-order valence-electron chi connectivity index (χ3n) is 6.70. The van der Waals surface area contributed by atoms with E-state index in [0.717, 1.165) is 68.9 Å². The Balaban J connectivity index is 1.29. The molecule has 0 spiro atoms. The Kier molecular flexibility index (Phi) is 7.82. The molecule has 2 aromatic carbocycles. The molecule has 35 heavy (non-hydrogen) atoms. The van der Waals surface area contributed by atoms with Crippen molar-refractivity contribution in [2.24, 2.45) is 0 Å². The normalized spacial score (nSPS) is 19.1. The van der Waals surface area contributed by atoms with E-state index in [1.54, 1.807) is 37.2 Å². The first-order chi connectivity index (χ1) is 16.7. The van der Waals surface area contributed by atoms with Gasteiger partial charge in [-0.15, -0.1) is 0 Å². The molecule has 2 heterocycles. The zero-order valence-electron chi connectivity index (χ0n) is 20.2. The molecular weight excluding hydrogens is 455 g/mol. The number of piperazine rings is 1. The Morgan fingerprint density at radius 2 is 1.80 bits per heavy atom. The maximum atomic E-state index is 12.8. The fraction of sp³-hybridized carbons (Fsp3) is 0.444. The van der Waals surface area contributed by atoms with E-state index in [9.17, 15) is 18.0 Å². The summed E-state index contributed by atoms with van der Waals surface area (Å²) >= 11 is 0. The number of carbonyl (C=O) groups excluding carboxylic acids is 1. The predicted octanol–water partition coefficient (Wildman–Crippen LogP) is 4.63. The van der Waals surface area contributed by atoms with Crippen molar-refractivity contribution in [2.45, 2.75) is 25.1 Å². The standard InChI is InChI=1S/C27H32F3N3O2/c1-31(2)26(34)10-4-20-3-9-24-21(19-20)12-18-35-25(24)11-13-32-14-16-33(17-15-32)23-7-5-22(6-8-23)27(28,29)30/h3-10,19,25H,11-18H2,1-2H3/b10-4+. The van der Waals surface area contributed by atoms with Crippen LogP contribution in [-0.4, -0.2) is 69.1 Å². The Morgan fingerprint density at radius 1 is 1.09 bits per heavy atom. The average molecular weight is 488 g/mol. The van der Waals surface area contributed by atoms with Gasteiger partial charge in [-0.2, -0.15) is 13.2 Å². The third kappa shape index (κ3) is 6.44. The zero-order chi connectivity index (χ0) is 25.0. The number of ether oxygens (including phenoxy) is 1. The summed E-state index contributed by atoms with van der Waals surface area (Å²) in [5.41, 5.74) is 3.72. The van der Waals surface area contributed by atoms with Crippen molar-refractivity contribution in [2.75, 3.05) is 58.3 Å². The summed E-state index contributed by atoms with van der Waals surface area (Å²) in [5, 5.41) is 0. The zero-order valence-corrected chi connectivity index (χ0v) is 20.2. The van der Waals surface area contributed by atoms with Crippen molar-refractivity contribution in [1.29, 1.82) is 0 Å². The molecule has 1 amide bonds. The maximum absolute atomic E-state index is 12.8. The predicted molar refractivity (Wildman–Crippen MR) is 131 cm³/mol. The summed E-state index contributed by atoms with van der Waals surface area (Å²) in [4.78, 5) is 17.9. The molecule has 4 rings (SSSR count). The summed E-state index contributed by atoms with van der Waals surface area (Å²) in [7, 11) is 3.46. The average Bonchev–Trinajstić information content (AvgIpc) is 2.85. The van der Waals surface area contributed by atoms with E-state index in [2.05, 4.69) is 21.9 Å². The highest BCUT2D eigenvalue weighted by Crippen LogP contribution is 2.32. The summed E-state index contributed by atoms with van der Waals surface area (Å²) in [5.74, 6) is -0.0395. The number of halogens is 3. The minimum atomic E-state index is -4.31. The van der Waals surface area contributed by atoms with Crippen LogP contribution in [0, 0.1) is 0 Å². The van der Waals surface area contributed by atoms with Gasteiger partial charge in [0.2, 0.25) is 5.91 Å². The van der Waals surface area contributed by atoms with Crippen LogP contribution in [0.25, 0.3) is 6.08 Å². The van der Waals surface area contributed by atoms with Gasteiger partial charge in [-0.3, -0.25) is 9.69 Å². The number of hydrogen-bond donors (Lipinski definition) is 0. The van der Waals surface area contributed by atoms with E-state index >= 15 is 0 Å². The number of likely N-dealkylation sites (N-methyl/N-ethyl adjacent to an activating group) is 1. The van der Waals surface area contributed by atoms with E-state index in [1.807, 2.05) is 12.1 Å². The van der Waals surface area contributed by atoms with Crippen LogP contribution in [0.2, 0.25) is 0 Å². The number of anilines is 1. The van der Waals surface area contributed by atoms with Crippen LogP contribution in [-0.2, 0) is 22.1 Å². The molecule has 0 bridgehead atoms. The fourth-order valence-electron chi connectivity index (χ4n) is 4.61. The Morgan fingerprint density at radius 3 is 2.46 bits per heavy atom. The van der Waals surface area contributed by atoms with Crippen molar-refractivity contribution in [3.63, 3.8) is 0 Å². The van der Waals surface area contributed by atoms with Gasteiger partial charge in [0.05, 0.1) is 18.3 Å². The molecule has 0 aliphatic carbocycles. The second-order valence-corrected chi connectivity index (χ2v) is 9.30. The maximum Gasteiger partial charge on any atom is 0.416 e. The molecule has 188 valence electrons. The van der Waals surface area contributed by atoms with Crippen LogP contribution in [0.15, 0.2) is 48.5 Å². The van der Waals surface area contributed by atoms with Gasteiger partial charge >= 0.3 is 6.18 Å². The SMILES string of the molecule is CN(C)C(=O)/C=C/c1ccc2c(c1)CCOC2CCN1CCN(c2ccc(C(F)(F)F)cc2)CC1. The minimum Gasteiger partial charge on any atom is -0.373 e. The number of carbonyl (C=O) groups is 1. The van der Waals surface area contributed by atoms with Gasteiger partial charge in [-0.25, -0.2) is 0 Å². The monoisotopic (exact) mass is 487 g/mol. The number of rotatable bonds is 6. The van der Waals surface area contributed by atoms with Gasteiger partial charge in [0.25, 0.3) is 0 Å². The first-order valence-corrected chi connectivity index (χ1v) is 12.0. The van der Waals surface area contributed by atoms with Gasteiger partial charge in [0, 0.05) is 58.6 Å². The first-order valence-electron chi connectivity index (χ1n) is 12.0. The summed E-state index contributed by atoms with van der Waals surface area (Å²) < 4.78 is 44.5. The molecule has 5 nitrogen and oxygen atoms in total. The number of nitrogens with zero attached hydrogens (tertiary/aromatic N) is 3. The molecule has 8 heteroatoms. The number of benzene rings is 2. The second-order valence-electron chi connectivity index (χ2n) is 9.30. The van der Waals surface area contributed by atoms with Crippen LogP contribution >= 0.6 is 0 Å². The van der Waals surface area contributed by atoms with Gasteiger partial charge in [0.1, 0.15) is 0 Å².